The first-order valence-electron chi connectivity index (χ1n) is 7.34. The minimum absolute atomic E-state index is 0.149. The molecule has 0 saturated heterocycles. The molecule has 0 atom stereocenters. The van der Waals surface area contributed by atoms with Gasteiger partial charge in [0.25, 0.3) is 0 Å². The first kappa shape index (κ1) is 18.6. The molecule has 0 aliphatic heterocycles. The van der Waals surface area contributed by atoms with E-state index in [0.29, 0.717) is 11.4 Å². The molecule has 4 nitrogen and oxygen atoms in total. The van der Waals surface area contributed by atoms with Gasteiger partial charge in [-0.15, -0.1) is 6.42 Å². The van der Waals surface area contributed by atoms with E-state index in [1.807, 2.05) is 0 Å². The van der Waals surface area contributed by atoms with Crippen molar-refractivity contribution in [3.05, 3.63) is 48.5 Å². The van der Waals surface area contributed by atoms with Crippen molar-refractivity contribution in [1.82, 2.24) is 0 Å². The highest BCUT2D eigenvalue weighted by Crippen LogP contribution is 2.30. The number of terminal acetylenes is 1. The molecule has 2 rings (SSSR count). The monoisotopic (exact) mass is 359 g/mol. The van der Waals surface area contributed by atoms with Gasteiger partial charge >= 0.3 is 0 Å². The maximum absolute atomic E-state index is 12.8. The van der Waals surface area contributed by atoms with Crippen LogP contribution in [0, 0.1) is 48.1 Å². The van der Waals surface area contributed by atoms with Crippen molar-refractivity contribution in [1.29, 1.82) is 0 Å². The molecule has 0 radical (unpaired) electrons. The summed E-state index contributed by atoms with van der Waals surface area (Å²) in [6.45, 7) is 0. The van der Waals surface area contributed by atoms with E-state index in [2.05, 4.69) is 46.9 Å². The van der Waals surface area contributed by atoms with E-state index in [1.54, 1.807) is 43.4 Å². The fourth-order valence-electron chi connectivity index (χ4n) is 1.97. The van der Waals surface area contributed by atoms with Crippen molar-refractivity contribution < 1.29 is 13.2 Å². The van der Waals surface area contributed by atoms with Crippen molar-refractivity contribution in [2.24, 2.45) is 0 Å². The summed E-state index contributed by atoms with van der Waals surface area (Å²) in [5, 5.41) is 2.86. The second-order valence-corrected chi connectivity index (χ2v) is 6.62. The number of nitrogens with one attached hydrogen (secondary N) is 1. The molecule has 0 unspecified atom stereocenters. The maximum atomic E-state index is 12.8. The Morgan fingerprint density at radius 1 is 0.962 bits per heavy atom. The second kappa shape index (κ2) is 8.91. The highest BCUT2D eigenvalue weighted by Gasteiger charge is 2.21. The van der Waals surface area contributed by atoms with E-state index in [0.717, 1.165) is 0 Å². The molecule has 0 aliphatic rings. The Kier molecular flexibility index (Phi) is 6.36. The zero-order valence-electron chi connectivity index (χ0n) is 13.8. The zero-order valence-corrected chi connectivity index (χ0v) is 14.6. The van der Waals surface area contributed by atoms with Crippen LogP contribution in [0.5, 0.6) is 5.75 Å². The molecule has 0 bridgehead atoms. The lowest BCUT2D eigenvalue weighted by Crippen LogP contribution is -2.06. The van der Waals surface area contributed by atoms with E-state index in [1.165, 1.54) is 12.1 Å². The van der Waals surface area contributed by atoms with Gasteiger partial charge in [-0.05, 0) is 42.0 Å². The van der Waals surface area contributed by atoms with Crippen LogP contribution in [-0.2, 0) is 9.84 Å². The molecular weight excluding hydrogens is 346 g/mol. The Morgan fingerprint density at radius 2 is 1.65 bits per heavy atom. The Labute approximate surface area is 153 Å². The Morgan fingerprint density at radius 3 is 2.35 bits per heavy atom. The average Bonchev–Trinajstić information content (AvgIpc) is 2.67. The summed E-state index contributed by atoms with van der Waals surface area (Å²) in [5.41, 5.74) is 0.402. The lowest BCUT2D eigenvalue weighted by atomic mass is 10.3. The molecule has 2 aromatic rings. The molecule has 0 aromatic heterocycles. The predicted octanol–water partition coefficient (Wildman–Crippen LogP) is 2.54. The van der Waals surface area contributed by atoms with Gasteiger partial charge in [0.05, 0.1) is 15.5 Å². The summed E-state index contributed by atoms with van der Waals surface area (Å²) in [7, 11) is -2.01. The first-order valence-corrected chi connectivity index (χ1v) is 8.82. The van der Waals surface area contributed by atoms with Gasteiger partial charge in [0, 0.05) is 30.9 Å². The smallest absolute Gasteiger partial charge is 0.208 e. The lowest BCUT2D eigenvalue weighted by molar-refractivity contribution is 0.519. The van der Waals surface area contributed by atoms with Crippen LogP contribution >= 0.6 is 0 Å². The summed E-state index contributed by atoms with van der Waals surface area (Å²) in [5.74, 6) is 14.6. The van der Waals surface area contributed by atoms with Gasteiger partial charge in [-0.3, -0.25) is 0 Å². The van der Waals surface area contributed by atoms with Gasteiger partial charge in [0.15, 0.2) is 0 Å². The molecule has 126 valence electrons. The Hall–Kier alpha value is -3.77. The first-order chi connectivity index (χ1) is 12.6. The molecular formula is C21H13NO3S. The van der Waals surface area contributed by atoms with E-state index < -0.39 is 9.84 Å². The van der Waals surface area contributed by atoms with Gasteiger partial charge < -0.3 is 10.1 Å². The highest BCUT2D eigenvalue weighted by molar-refractivity contribution is 7.91. The molecule has 0 spiro atoms. The number of hydrogen-bond acceptors (Lipinski definition) is 4. The maximum Gasteiger partial charge on any atom is 0.208 e. The van der Waals surface area contributed by atoms with E-state index in [9.17, 15) is 8.42 Å². The minimum Gasteiger partial charge on any atom is -0.407 e. The molecule has 0 fully saturated rings. The van der Waals surface area contributed by atoms with Crippen LogP contribution in [0.3, 0.4) is 0 Å². The van der Waals surface area contributed by atoms with Crippen LogP contribution in [-0.4, -0.2) is 15.5 Å². The number of hydrogen-bond donors (Lipinski definition) is 1. The highest BCUT2D eigenvalue weighted by atomic mass is 32.2. The molecule has 0 aliphatic carbocycles. The zero-order chi connectivity index (χ0) is 18.8. The molecule has 5 heteroatoms. The van der Waals surface area contributed by atoms with E-state index in [4.69, 9.17) is 11.2 Å². The topological polar surface area (TPSA) is 55.4 Å². The summed E-state index contributed by atoms with van der Waals surface area (Å²) < 4.78 is 30.8. The quantitative estimate of drug-likeness (QED) is 0.853. The van der Waals surface area contributed by atoms with Crippen molar-refractivity contribution >= 4 is 15.5 Å². The minimum atomic E-state index is -3.64. The van der Waals surface area contributed by atoms with Crippen LogP contribution in [0.4, 0.5) is 5.69 Å². The van der Waals surface area contributed by atoms with Crippen LogP contribution in [0.2, 0.25) is 0 Å². The van der Waals surface area contributed by atoms with Gasteiger partial charge in [-0.25, -0.2) is 8.42 Å². The van der Waals surface area contributed by atoms with Crippen molar-refractivity contribution in [3.8, 4) is 53.8 Å². The van der Waals surface area contributed by atoms with Crippen molar-refractivity contribution in [2.45, 2.75) is 9.79 Å². The van der Waals surface area contributed by atoms with E-state index >= 15 is 0 Å². The number of anilines is 1. The Bertz CT molecular complexity index is 1120. The van der Waals surface area contributed by atoms with Crippen LogP contribution in [0.25, 0.3) is 0 Å². The lowest BCUT2D eigenvalue weighted by Gasteiger charge is -2.11. The SMILES string of the molecule is C#CC#CC#CC#COc1ccc(S(=O)(=O)c2ccccc2)c(NC)c1. The molecule has 0 amide bonds. The third-order valence-electron chi connectivity index (χ3n) is 3.11. The average molecular weight is 359 g/mol. The second-order valence-electron chi connectivity index (χ2n) is 4.70. The van der Waals surface area contributed by atoms with Gasteiger partial charge in [0.2, 0.25) is 9.84 Å². The van der Waals surface area contributed by atoms with Crippen molar-refractivity contribution in [3.63, 3.8) is 0 Å². The molecule has 26 heavy (non-hydrogen) atoms. The number of rotatable bonds is 4. The summed E-state index contributed by atoms with van der Waals surface area (Å²) in [6, 6.07) is 12.7. The Balaban J connectivity index is 2.27. The summed E-state index contributed by atoms with van der Waals surface area (Å²) in [6.07, 6.45) is 7.35. The van der Waals surface area contributed by atoms with E-state index in [-0.39, 0.29) is 9.79 Å². The normalized spacial score (nSPS) is 9.08. The third kappa shape index (κ3) is 4.62. The van der Waals surface area contributed by atoms with Crippen molar-refractivity contribution in [2.75, 3.05) is 12.4 Å². The largest absolute Gasteiger partial charge is 0.407 e. The van der Waals surface area contributed by atoms with Gasteiger partial charge in [-0.2, -0.15) is 0 Å². The fourth-order valence-corrected chi connectivity index (χ4v) is 3.44. The molecule has 0 saturated carbocycles. The molecule has 1 N–H and O–H groups in total. The third-order valence-corrected chi connectivity index (χ3v) is 4.93. The number of ether oxygens (including phenoxy) is 1. The molecule has 0 heterocycles. The van der Waals surface area contributed by atoms with Gasteiger partial charge in [-0.1, -0.05) is 18.2 Å². The van der Waals surface area contributed by atoms with Crippen LogP contribution in [0.15, 0.2) is 58.3 Å². The summed E-state index contributed by atoms with van der Waals surface area (Å²) >= 11 is 0. The predicted molar refractivity (Wildman–Crippen MR) is 101 cm³/mol. The van der Waals surface area contributed by atoms with Crippen LogP contribution in [0.1, 0.15) is 0 Å². The number of benzene rings is 2. The molecule has 2 aromatic carbocycles. The standard InChI is InChI=1S/C21H13NO3S/c1-3-4-5-6-7-11-16-25-18-14-15-21(20(17-18)22-2)26(23,24)19-12-9-8-10-13-19/h1,8-10,12-15,17,22H,2H3. The number of sulfone groups is 1. The van der Waals surface area contributed by atoms with Crippen LogP contribution < -0.4 is 10.1 Å². The summed E-state index contributed by atoms with van der Waals surface area (Å²) in [4.78, 5) is 0.365. The van der Waals surface area contributed by atoms with Gasteiger partial charge in [0.1, 0.15) is 11.9 Å². The fraction of sp³-hybridized carbons (Fsp3) is 0.0476.